The van der Waals surface area contributed by atoms with Crippen molar-refractivity contribution in [3.8, 4) is 0 Å². The van der Waals surface area contributed by atoms with Crippen LogP contribution >= 0.6 is 27.3 Å². The van der Waals surface area contributed by atoms with Gasteiger partial charge in [0.25, 0.3) is 5.91 Å². The van der Waals surface area contributed by atoms with E-state index in [4.69, 9.17) is 4.74 Å². The highest BCUT2D eigenvalue weighted by Gasteiger charge is 2.34. The van der Waals surface area contributed by atoms with E-state index in [1.165, 1.54) is 11.3 Å². The van der Waals surface area contributed by atoms with Crippen molar-refractivity contribution in [2.45, 2.75) is 32.5 Å². The molecule has 0 radical (unpaired) electrons. The van der Waals surface area contributed by atoms with Gasteiger partial charge >= 0.3 is 0 Å². The SMILES string of the molecule is CC1CN(C(=O)c2ccc(Br)s2)CC(C)(C)O1. The van der Waals surface area contributed by atoms with Crippen molar-refractivity contribution >= 4 is 33.2 Å². The molecule has 0 spiro atoms. The highest BCUT2D eigenvalue weighted by Crippen LogP contribution is 2.26. The molecule has 5 heteroatoms. The van der Waals surface area contributed by atoms with E-state index in [2.05, 4.69) is 15.9 Å². The second-order valence-corrected chi connectivity index (χ2v) is 7.44. The van der Waals surface area contributed by atoms with Crippen molar-refractivity contribution in [2.24, 2.45) is 0 Å². The topological polar surface area (TPSA) is 29.5 Å². The lowest BCUT2D eigenvalue weighted by molar-refractivity contribution is -0.118. The van der Waals surface area contributed by atoms with Crippen LogP contribution in [-0.4, -0.2) is 35.6 Å². The summed E-state index contributed by atoms with van der Waals surface area (Å²) in [4.78, 5) is 15.0. The first kappa shape index (κ1) is 13.1. The molecule has 17 heavy (non-hydrogen) atoms. The first-order valence-electron chi connectivity index (χ1n) is 5.60. The Morgan fingerprint density at radius 1 is 1.59 bits per heavy atom. The molecule has 1 aromatic rings. The van der Waals surface area contributed by atoms with Crippen LogP contribution in [0.1, 0.15) is 30.4 Å². The lowest BCUT2D eigenvalue weighted by Gasteiger charge is -2.41. The van der Waals surface area contributed by atoms with Crippen LogP contribution in [0.3, 0.4) is 0 Å². The Bertz CT molecular complexity index is 430. The molecule has 1 saturated heterocycles. The standard InChI is InChI=1S/C12H16BrNO2S/c1-8-6-14(7-12(2,3)16-8)11(15)9-4-5-10(13)17-9/h4-5,8H,6-7H2,1-3H3. The Morgan fingerprint density at radius 2 is 2.29 bits per heavy atom. The zero-order chi connectivity index (χ0) is 12.6. The lowest BCUT2D eigenvalue weighted by Crippen LogP contribution is -2.53. The number of halogens is 1. The normalized spacial score (nSPS) is 23.8. The van der Waals surface area contributed by atoms with Crippen molar-refractivity contribution < 1.29 is 9.53 Å². The number of morpholine rings is 1. The Balaban J connectivity index is 2.14. The van der Waals surface area contributed by atoms with Gasteiger partial charge in [-0.1, -0.05) is 0 Å². The minimum absolute atomic E-state index is 0.0890. The van der Waals surface area contributed by atoms with Gasteiger partial charge in [-0.15, -0.1) is 11.3 Å². The van der Waals surface area contributed by atoms with Crippen LogP contribution in [0.15, 0.2) is 15.9 Å². The van der Waals surface area contributed by atoms with Crippen LogP contribution in [0.4, 0.5) is 0 Å². The largest absolute Gasteiger partial charge is 0.369 e. The smallest absolute Gasteiger partial charge is 0.264 e. The molecule has 2 heterocycles. The Labute approximate surface area is 114 Å². The molecule has 0 N–H and O–H groups in total. The van der Waals surface area contributed by atoms with E-state index in [9.17, 15) is 4.79 Å². The van der Waals surface area contributed by atoms with E-state index in [-0.39, 0.29) is 17.6 Å². The third kappa shape index (κ3) is 3.09. The monoisotopic (exact) mass is 317 g/mol. The third-order valence-electron chi connectivity index (χ3n) is 2.64. The van der Waals surface area contributed by atoms with Gasteiger partial charge in [0.05, 0.1) is 20.4 Å². The van der Waals surface area contributed by atoms with E-state index in [1.807, 2.05) is 37.8 Å². The molecule has 1 fully saturated rings. The molecule has 1 aromatic heterocycles. The number of carbonyl (C=O) groups is 1. The van der Waals surface area contributed by atoms with Crippen LogP contribution in [0.2, 0.25) is 0 Å². The van der Waals surface area contributed by atoms with Crippen LogP contribution in [0, 0.1) is 0 Å². The summed E-state index contributed by atoms with van der Waals surface area (Å²) in [6, 6.07) is 3.77. The minimum Gasteiger partial charge on any atom is -0.369 e. The number of carbonyl (C=O) groups excluding carboxylic acids is 1. The molecule has 1 amide bonds. The maximum Gasteiger partial charge on any atom is 0.264 e. The van der Waals surface area contributed by atoms with Gasteiger partial charge in [0.1, 0.15) is 0 Å². The van der Waals surface area contributed by atoms with E-state index in [0.29, 0.717) is 13.1 Å². The van der Waals surface area contributed by atoms with Gasteiger partial charge in [-0.2, -0.15) is 0 Å². The van der Waals surface area contributed by atoms with Crippen molar-refractivity contribution in [3.05, 3.63) is 20.8 Å². The summed E-state index contributed by atoms with van der Waals surface area (Å²) in [6.45, 7) is 7.36. The molecule has 0 bridgehead atoms. The first-order chi connectivity index (χ1) is 7.87. The molecule has 3 nitrogen and oxygen atoms in total. The van der Waals surface area contributed by atoms with E-state index in [1.54, 1.807) is 0 Å². The number of nitrogens with zero attached hydrogens (tertiary/aromatic N) is 1. The molecule has 94 valence electrons. The highest BCUT2D eigenvalue weighted by atomic mass is 79.9. The van der Waals surface area contributed by atoms with Crippen molar-refractivity contribution in [1.29, 1.82) is 0 Å². The number of thiophene rings is 1. The Kier molecular flexibility index (Phi) is 3.61. The molecule has 0 aliphatic carbocycles. The first-order valence-corrected chi connectivity index (χ1v) is 7.21. The van der Waals surface area contributed by atoms with E-state index >= 15 is 0 Å². The lowest BCUT2D eigenvalue weighted by atomic mass is 10.1. The second-order valence-electron chi connectivity index (χ2n) is 4.98. The zero-order valence-corrected chi connectivity index (χ0v) is 12.6. The maximum absolute atomic E-state index is 12.3. The van der Waals surface area contributed by atoms with Gasteiger partial charge in [0, 0.05) is 13.1 Å². The molecular formula is C12H16BrNO2S. The molecule has 0 saturated carbocycles. The number of hydrogen-bond acceptors (Lipinski definition) is 3. The van der Waals surface area contributed by atoms with Crippen LogP contribution < -0.4 is 0 Å². The second kappa shape index (κ2) is 4.71. The average Bonchev–Trinajstić information content (AvgIpc) is 2.60. The summed E-state index contributed by atoms with van der Waals surface area (Å²) in [5.41, 5.74) is -0.262. The Hall–Kier alpha value is -0.390. The number of rotatable bonds is 1. The maximum atomic E-state index is 12.3. The summed E-state index contributed by atoms with van der Waals surface area (Å²) in [7, 11) is 0. The highest BCUT2D eigenvalue weighted by molar-refractivity contribution is 9.11. The van der Waals surface area contributed by atoms with Gasteiger partial charge in [0.2, 0.25) is 0 Å². The van der Waals surface area contributed by atoms with Gasteiger partial charge in [-0.3, -0.25) is 4.79 Å². The predicted molar refractivity (Wildman–Crippen MR) is 72.5 cm³/mol. The third-order valence-corrected chi connectivity index (χ3v) is 4.25. The molecule has 1 aliphatic heterocycles. The summed E-state index contributed by atoms with van der Waals surface area (Å²) in [5, 5.41) is 0. The zero-order valence-electron chi connectivity index (χ0n) is 10.2. The average molecular weight is 318 g/mol. The van der Waals surface area contributed by atoms with E-state index < -0.39 is 0 Å². The molecule has 0 aromatic carbocycles. The number of hydrogen-bond donors (Lipinski definition) is 0. The van der Waals surface area contributed by atoms with Crippen molar-refractivity contribution in [2.75, 3.05) is 13.1 Å². The van der Waals surface area contributed by atoms with Gasteiger partial charge < -0.3 is 9.64 Å². The fourth-order valence-corrected chi connectivity index (χ4v) is 3.55. The molecule has 1 aliphatic rings. The fourth-order valence-electron chi connectivity index (χ4n) is 2.19. The summed E-state index contributed by atoms with van der Waals surface area (Å²) in [6.07, 6.45) is 0.0890. The summed E-state index contributed by atoms with van der Waals surface area (Å²) < 4.78 is 6.78. The summed E-state index contributed by atoms with van der Waals surface area (Å²) >= 11 is 4.86. The molecule has 1 atom stereocenters. The van der Waals surface area contributed by atoms with Crippen LogP contribution in [-0.2, 0) is 4.74 Å². The minimum atomic E-state index is -0.262. The van der Waals surface area contributed by atoms with Crippen molar-refractivity contribution in [1.82, 2.24) is 4.90 Å². The molecular weight excluding hydrogens is 302 g/mol. The molecule has 2 rings (SSSR count). The van der Waals surface area contributed by atoms with Crippen molar-refractivity contribution in [3.63, 3.8) is 0 Å². The fraction of sp³-hybridized carbons (Fsp3) is 0.583. The van der Waals surface area contributed by atoms with Gasteiger partial charge in [-0.25, -0.2) is 0 Å². The predicted octanol–water partition coefficient (Wildman–Crippen LogP) is 3.15. The quantitative estimate of drug-likeness (QED) is 0.796. The number of ether oxygens (including phenoxy) is 1. The van der Waals surface area contributed by atoms with Crippen LogP contribution in [0.5, 0.6) is 0 Å². The van der Waals surface area contributed by atoms with E-state index in [0.717, 1.165) is 8.66 Å². The van der Waals surface area contributed by atoms with Gasteiger partial charge in [-0.05, 0) is 48.8 Å². The number of amides is 1. The molecule has 1 unspecified atom stereocenters. The summed E-state index contributed by atoms with van der Waals surface area (Å²) in [5.74, 6) is 0.101. The Morgan fingerprint density at radius 3 is 2.82 bits per heavy atom. The van der Waals surface area contributed by atoms with Crippen LogP contribution in [0.25, 0.3) is 0 Å². The van der Waals surface area contributed by atoms with Gasteiger partial charge in [0.15, 0.2) is 0 Å².